The molecule has 0 bridgehead atoms. The summed E-state index contributed by atoms with van der Waals surface area (Å²) in [5.74, 6) is -0.372. The highest BCUT2D eigenvalue weighted by atomic mass is 16.2. The fourth-order valence-electron chi connectivity index (χ4n) is 1.53. The number of pyridine rings is 1. The lowest BCUT2D eigenvalue weighted by Crippen LogP contribution is -2.31. The normalized spacial score (nSPS) is 14.4. The van der Waals surface area contributed by atoms with Crippen LogP contribution < -0.4 is 10.6 Å². The van der Waals surface area contributed by atoms with Crippen LogP contribution in [0, 0.1) is 0 Å². The maximum Gasteiger partial charge on any atom is 0.253 e. The van der Waals surface area contributed by atoms with Crippen LogP contribution in [0.15, 0.2) is 18.5 Å². The number of rotatable bonds is 4. The minimum absolute atomic E-state index is 0.0569. The first-order valence-corrected chi connectivity index (χ1v) is 6.13. The molecule has 1 aromatic rings. The van der Waals surface area contributed by atoms with E-state index in [1.165, 1.54) is 12.4 Å². The van der Waals surface area contributed by atoms with Crippen molar-refractivity contribution in [3.63, 3.8) is 0 Å². The Kier molecular flexibility index (Phi) is 3.60. The van der Waals surface area contributed by atoms with E-state index in [2.05, 4.69) is 15.6 Å². The van der Waals surface area contributed by atoms with E-state index in [4.69, 9.17) is 0 Å². The first kappa shape index (κ1) is 12.5. The third-order valence-corrected chi connectivity index (χ3v) is 2.59. The summed E-state index contributed by atoms with van der Waals surface area (Å²) in [4.78, 5) is 27.5. The summed E-state index contributed by atoms with van der Waals surface area (Å²) in [6, 6.07) is 1.93. The summed E-state index contributed by atoms with van der Waals surface area (Å²) in [5.41, 5.74) is 0.838. The molecule has 96 valence electrons. The Labute approximate surface area is 106 Å². The zero-order chi connectivity index (χ0) is 13.1. The van der Waals surface area contributed by atoms with Crippen LogP contribution in [-0.2, 0) is 0 Å². The Morgan fingerprint density at radius 2 is 1.83 bits per heavy atom. The molecule has 0 atom stereocenters. The van der Waals surface area contributed by atoms with Crippen molar-refractivity contribution >= 4 is 11.8 Å². The van der Waals surface area contributed by atoms with E-state index in [1.807, 2.05) is 13.8 Å². The van der Waals surface area contributed by atoms with Gasteiger partial charge in [0.15, 0.2) is 0 Å². The van der Waals surface area contributed by atoms with Gasteiger partial charge in [-0.15, -0.1) is 0 Å². The van der Waals surface area contributed by atoms with Crippen molar-refractivity contribution in [3.8, 4) is 0 Å². The standard InChI is InChI=1S/C13H17N3O2/c1-8(2)15-12(17)9-5-10(7-14-6-9)13(18)16-11-3-4-11/h5-8,11H,3-4H2,1-2H3,(H,15,17)(H,16,18). The van der Waals surface area contributed by atoms with Gasteiger partial charge < -0.3 is 10.6 Å². The zero-order valence-corrected chi connectivity index (χ0v) is 10.6. The molecule has 0 saturated heterocycles. The fraction of sp³-hybridized carbons (Fsp3) is 0.462. The van der Waals surface area contributed by atoms with Gasteiger partial charge in [0, 0.05) is 24.5 Å². The molecule has 5 heteroatoms. The number of aromatic nitrogens is 1. The molecule has 0 aromatic carbocycles. The second-order valence-electron chi connectivity index (χ2n) is 4.84. The van der Waals surface area contributed by atoms with Crippen LogP contribution >= 0.6 is 0 Å². The van der Waals surface area contributed by atoms with E-state index in [0.29, 0.717) is 17.2 Å². The Morgan fingerprint density at radius 1 is 1.22 bits per heavy atom. The van der Waals surface area contributed by atoms with Gasteiger partial charge in [-0.3, -0.25) is 14.6 Å². The van der Waals surface area contributed by atoms with Crippen molar-refractivity contribution in [2.45, 2.75) is 38.8 Å². The molecule has 5 nitrogen and oxygen atoms in total. The van der Waals surface area contributed by atoms with E-state index in [0.717, 1.165) is 12.8 Å². The van der Waals surface area contributed by atoms with Crippen LogP contribution in [0.2, 0.25) is 0 Å². The number of nitrogens with zero attached hydrogens (tertiary/aromatic N) is 1. The van der Waals surface area contributed by atoms with E-state index in [-0.39, 0.29) is 17.9 Å². The molecule has 0 unspecified atom stereocenters. The van der Waals surface area contributed by atoms with E-state index < -0.39 is 0 Å². The van der Waals surface area contributed by atoms with E-state index in [9.17, 15) is 9.59 Å². The number of nitrogens with one attached hydrogen (secondary N) is 2. The summed E-state index contributed by atoms with van der Waals surface area (Å²) >= 11 is 0. The molecule has 1 saturated carbocycles. The molecule has 0 aliphatic heterocycles. The largest absolute Gasteiger partial charge is 0.350 e. The average Bonchev–Trinajstić information content (AvgIpc) is 3.12. The molecule has 0 radical (unpaired) electrons. The minimum atomic E-state index is -0.210. The van der Waals surface area contributed by atoms with Gasteiger partial charge in [-0.2, -0.15) is 0 Å². The number of hydrogen-bond donors (Lipinski definition) is 2. The Hall–Kier alpha value is -1.91. The van der Waals surface area contributed by atoms with Crippen molar-refractivity contribution in [1.29, 1.82) is 0 Å². The van der Waals surface area contributed by atoms with Crippen LogP contribution in [0.4, 0.5) is 0 Å². The third kappa shape index (κ3) is 3.29. The van der Waals surface area contributed by atoms with Gasteiger partial charge in [-0.25, -0.2) is 0 Å². The second kappa shape index (κ2) is 5.16. The quantitative estimate of drug-likeness (QED) is 0.837. The van der Waals surface area contributed by atoms with Crippen molar-refractivity contribution in [1.82, 2.24) is 15.6 Å². The Morgan fingerprint density at radius 3 is 2.39 bits per heavy atom. The van der Waals surface area contributed by atoms with Gasteiger partial charge in [-0.05, 0) is 32.8 Å². The smallest absolute Gasteiger partial charge is 0.253 e. The van der Waals surface area contributed by atoms with Gasteiger partial charge in [0.05, 0.1) is 11.1 Å². The summed E-state index contributed by atoms with van der Waals surface area (Å²) in [6.07, 6.45) is 5.01. The monoisotopic (exact) mass is 247 g/mol. The van der Waals surface area contributed by atoms with E-state index >= 15 is 0 Å². The lowest BCUT2D eigenvalue weighted by Gasteiger charge is -2.09. The van der Waals surface area contributed by atoms with Gasteiger partial charge in [-0.1, -0.05) is 0 Å². The summed E-state index contributed by atoms with van der Waals surface area (Å²) in [5, 5.41) is 5.63. The van der Waals surface area contributed by atoms with Crippen molar-refractivity contribution in [3.05, 3.63) is 29.6 Å². The average molecular weight is 247 g/mol. The topological polar surface area (TPSA) is 71.1 Å². The van der Waals surface area contributed by atoms with Crippen LogP contribution in [0.1, 0.15) is 47.4 Å². The first-order valence-electron chi connectivity index (χ1n) is 6.13. The highest BCUT2D eigenvalue weighted by Gasteiger charge is 2.24. The first-order chi connectivity index (χ1) is 8.56. The molecule has 2 N–H and O–H groups in total. The van der Waals surface area contributed by atoms with Gasteiger partial charge in [0.2, 0.25) is 0 Å². The number of carbonyl (C=O) groups is 2. The van der Waals surface area contributed by atoms with Gasteiger partial charge in [0.25, 0.3) is 11.8 Å². The molecule has 1 aliphatic rings. The highest BCUT2D eigenvalue weighted by molar-refractivity contribution is 5.99. The highest BCUT2D eigenvalue weighted by Crippen LogP contribution is 2.19. The molecular formula is C13H17N3O2. The van der Waals surface area contributed by atoms with Crippen LogP contribution in [0.25, 0.3) is 0 Å². The predicted octanol–water partition coefficient (Wildman–Crippen LogP) is 1.11. The lowest BCUT2D eigenvalue weighted by molar-refractivity contribution is 0.0942. The minimum Gasteiger partial charge on any atom is -0.350 e. The number of amides is 2. The fourth-order valence-corrected chi connectivity index (χ4v) is 1.53. The Bertz CT molecular complexity index is 436. The van der Waals surface area contributed by atoms with Gasteiger partial charge >= 0.3 is 0 Å². The SMILES string of the molecule is CC(C)NC(=O)c1cncc(C(=O)NC2CC2)c1. The maximum atomic E-state index is 11.8. The van der Waals surface area contributed by atoms with Gasteiger partial charge in [0.1, 0.15) is 0 Å². The van der Waals surface area contributed by atoms with Crippen molar-refractivity contribution in [2.75, 3.05) is 0 Å². The molecule has 18 heavy (non-hydrogen) atoms. The predicted molar refractivity (Wildman–Crippen MR) is 67.3 cm³/mol. The lowest BCUT2D eigenvalue weighted by atomic mass is 10.2. The van der Waals surface area contributed by atoms with Crippen LogP contribution in [0.5, 0.6) is 0 Å². The summed E-state index contributed by atoms with van der Waals surface area (Å²) in [7, 11) is 0. The molecule has 2 rings (SSSR count). The Balaban J connectivity index is 2.08. The molecule has 1 aromatic heterocycles. The van der Waals surface area contributed by atoms with Crippen LogP contribution in [-0.4, -0.2) is 28.9 Å². The molecule has 1 heterocycles. The van der Waals surface area contributed by atoms with E-state index in [1.54, 1.807) is 6.07 Å². The second-order valence-corrected chi connectivity index (χ2v) is 4.84. The molecule has 1 fully saturated rings. The molecular weight excluding hydrogens is 230 g/mol. The molecule has 2 amide bonds. The summed E-state index contributed by atoms with van der Waals surface area (Å²) in [6.45, 7) is 3.77. The molecule has 0 spiro atoms. The van der Waals surface area contributed by atoms with Crippen molar-refractivity contribution in [2.24, 2.45) is 0 Å². The van der Waals surface area contributed by atoms with Crippen LogP contribution in [0.3, 0.4) is 0 Å². The maximum absolute atomic E-state index is 11.8. The third-order valence-electron chi connectivity index (χ3n) is 2.59. The summed E-state index contributed by atoms with van der Waals surface area (Å²) < 4.78 is 0. The number of carbonyl (C=O) groups excluding carboxylic acids is 2. The number of hydrogen-bond acceptors (Lipinski definition) is 3. The molecule has 1 aliphatic carbocycles. The van der Waals surface area contributed by atoms with Crippen molar-refractivity contribution < 1.29 is 9.59 Å². The zero-order valence-electron chi connectivity index (χ0n) is 10.6.